The molecule has 1 saturated heterocycles. The summed E-state index contributed by atoms with van der Waals surface area (Å²) in [6, 6.07) is 0. The predicted octanol–water partition coefficient (Wildman–Crippen LogP) is 6.48. The first-order valence-electron chi connectivity index (χ1n) is 13.7. The molecule has 0 aromatic rings. The van der Waals surface area contributed by atoms with Crippen molar-refractivity contribution in [3.63, 3.8) is 0 Å². The van der Waals surface area contributed by atoms with E-state index in [1.54, 1.807) is 0 Å². The fourth-order valence-corrected chi connectivity index (χ4v) is 7.51. The van der Waals surface area contributed by atoms with Gasteiger partial charge in [-0.15, -0.1) is 0 Å². The fourth-order valence-electron chi connectivity index (χ4n) is 7.51. The van der Waals surface area contributed by atoms with E-state index in [1.165, 1.54) is 11.1 Å². The molecule has 0 aromatic carbocycles. The van der Waals surface area contributed by atoms with E-state index in [4.69, 9.17) is 4.74 Å². The largest absolute Gasteiger partial charge is 0.390 e. The van der Waals surface area contributed by atoms with Crippen LogP contribution in [0.3, 0.4) is 0 Å². The summed E-state index contributed by atoms with van der Waals surface area (Å²) in [5.74, 6) is 0.0845. The van der Waals surface area contributed by atoms with Gasteiger partial charge in [-0.25, -0.2) is 0 Å². The number of hydrogen-bond acceptors (Lipinski definition) is 4. The summed E-state index contributed by atoms with van der Waals surface area (Å²) in [5.41, 5.74) is 2.50. The van der Waals surface area contributed by atoms with Gasteiger partial charge in [-0.3, -0.25) is 0 Å². The first-order valence-corrected chi connectivity index (χ1v) is 13.7. The van der Waals surface area contributed by atoms with Gasteiger partial charge in [0.05, 0.1) is 29.5 Å². The highest BCUT2D eigenvalue weighted by Crippen LogP contribution is 2.56. The molecule has 196 valence electrons. The molecule has 3 rings (SSSR count). The van der Waals surface area contributed by atoms with Crippen LogP contribution in [-0.2, 0) is 4.74 Å². The molecular weight excluding hydrogens is 424 g/mol. The molecular formula is C30H52O4. The standard InChI is InChI=1S/C30H52O4/c1-20(2)10-9-16-28(6)17-13-23(31)21(3)22(28)11-12-24-29(7)18-14-25(32)27(4,5)34-26(29)15-19-30(24,8)33/h10,23-26,31-33H,9,11-19H2,1-8H3/t23-,24+,25+,26+,28+,29+,30-/m0/s1. The van der Waals surface area contributed by atoms with E-state index in [2.05, 4.69) is 40.7 Å². The summed E-state index contributed by atoms with van der Waals surface area (Å²) in [6.07, 6.45) is 10.5. The molecule has 7 atom stereocenters. The van der Waals surface area contributed by atoms with Crippen LogP contribution in [0.1, 0.15) is 120 Å². The molecule has 0 bridgehead atoms. The number of ether oxygens (including phenoxy) is 1. The number of fused-ring (bicyclic) bond motifs is 1. The van der Waals surface area contributed by atoms with Crippen LogP contribution in [0, 0.1) is 16.7 Å². The van der Waals surface area contributed by atoms with E-state index in [0.717, 1.165) is 63.4 Å². The van der Waals surface area contributed by atoms with Crippen molar-refractivity contribution in [3.05, 3.63) is 22.8 Å². The highest BCUT2D eigenvalue weighted by Gasteiger charge is 2.56. The normalized spacial score (nSPS) is 42.7. The molecule has 0 radical (unpaired) electrons. The van der Waals surface area contributed by atoms with Crippen molar-refractivity contribution in [3.8, 4) is 0 Å². The zero-order valence-electron chi connectivity index (χ0n) is 23.2. The van der Waals surface area contributed by atoms with Gasteiger partial charge < -0.3 is 20.1 Å². The fraction of sp³-hybridized carbons (Fsp3) is 0.867. The number of aliphatic hydroxyl groups is 3. The van der Waals surface area contributed by atoms with Crippen molar-refractivity contribution in [2.45, 2.75) is 149 Å². The van der Waals surface area contributed by atoms with Crippen molar-refractivity contribution in [1.29, 1.82) is 0 Å². The SMILES string of the molecule is CC(C)=CCC[C@]1(C)CC[C@H](O)C(C)=C1CC[C@@H]1[C@@]2(C)CC[C@@H](O)C(C)(C)O[C@@H]2CC[C@]1(C)O. The average molecular weight is 477 g/mol. The Morgan fingerprint density at radius 3 is 2.32 bits per heavy atom. The Morgan fingerprint density at radius 2 is 1.68 bits per heavy atom. The van der Waals surface area contributed by atoms with Crippen molar-refractivity contribution >= 4 is 0 Å². The maximum atomic E-state index is 11.6. The summed E-state index contributed by atoms with van der Waals surface area (Å²) in [7, 11) is 0. The van der Waals surface area contributed by atoms with E-state index < -0.39 is 17.3 Å². The molecule has 1 heterocycles. The molecule has 0 unspecified atom stereocenters. The molecule has 0 spiro atoms. The molecule has 0 amide bonds. The zero-order valence-corrected chi connectivity index (χ0v) is 23.2. The van der Waals surface area contributed by atoms with E-state index in [9.17, 15) is 15.3 Å². The number of hydrogen-bond donors (Lipinski definition) is 3. The number of allylic oxidation sites excluding steroid dienone is 3. The van der Waals surface area contributed by atoms with Crippen molar-refractivity contribution in [2.75, 3.05) is 0 Å². The van der Waals surface area contributed by atoms with Crippen molar-refractivity contribution < 1.29 is 20.1 Å². The van der Waals surface area contributed by atoms with Gasteiger partial charge in [-0.05, 0) is 128 Å². The van der Waals surface area contributed by atoms with Gasteiger partial charge in [0.25, 0.3) is 0 Å². The number of rotatable bonds is 6. The van der Waals surface area contributed by atoms with Gasteiger partial charge in [0, 0.05) is 0 Å². The van der Waals surface area contributed by atoms with Crippen LogP contribution in [-0.4, -0.2) is 44.8 Å². The molecule has 0 aromatic heterocycles. The van der Waals surface area contributed by atoms with Gasteiger partial charge in [0.2, 0.25) is 0 Å². The maximum Gasteiger partial charge on any atom is 0.0888 e. The van der Waals surface area contributed by atoms with E-state index >= 15 is 0 Å². The molecule has 1 aliphatic heterocycles. The summed E-state index contributed by atoms with van der Waals surface area (Å²) >= 11 is 0. The van der Waals surface area contributed by atoms with Gasteiger partial charge in [-0.1, -0.05) is 31.1 Å². The third-order valence-corrected chi connectivity index (χ3v) is 10.0. The van der Waals surface area contributed by atoms with E-state index in [1.807, 2.05) is 20.8 Å². The number of aliphatic hydroxyl groups excluding tert-OH is 2. The van der Waals surface area contributed by atoms with Crippen LogP contribution >= 0.6 is 0 Å². The van der Waals surface area contributed by atoms with Gasteiger partial charge >= 0.3 is 0 Å². The lowest BCUT2D eigenvalue weighted by Crippen LogP contribution is -2.56. The van der Waals surface area contributed by atoms with Gasteiger partial charge in [-0.2, -0.15) is 0 Å². The van der Waals surface area contributed by atoms with Crippen LogP contribution in [0.2, 0.25) is 0 Å². The topological polar surface area (TPSA) is 69.9 Å². The maximum absolute atomic E-state index is 11.6. The second-order valence-electron chi connectivity index (χ2n) is 13.4. The highest BCUT2D eigenvalue weighted by atomic mass is 16.5. The Labute approximate surface area is 208 Å². The monoisotopic (exact) mass is 476 g/mol. The summed E-state index contributed by atoms with van der Waals surface area (Å²) in [5, 5.41) is 33.1. The van der Waals surface area contributed by atoms with Crippen molar-refractivity contribution in [2.24, 2.45) is 16.7 Å². The van der Waals surface area contributed by atoms with E-state index in [-0.39, 0.29) is 29.0 Å². The predicted molar refractivity (Wildman–Crippen MR) is 140 cm³/mol. The van der Waals surface area contributed by atoms with Crippen LogP contribution in [0.4, 0.5) is 0 Å². The lowest BCUT2D eigenvalue weighted by atomic mass is 9.55. The van der Waals surface area contributed by atoms with Gasteiger partial charge in [0.1, 0.15) is 0 Å². The van der Waals surface area contributed by atoms with E-state index in [0.29, 0.717) is 6.42 Å². The molecule has 34 heavy (non-hydrogen) atoms. The Bertz CT molecular complexity index is 790. The van der Waals surface area contributed by atoms with Crippen LogP contribution < -0.4 is 0 Å². The lowest BCUT2D eigenvalue weighted by Gasteiger charge is -2.54. The minimum atomic E-state index is -0.756. The second-order valence-corrected chi connectivity index (χ2v) is 13.4. The minimum absolute atomic E-state index is 0.0425. The summed E-state index contributed by atoms with van der Waals surface area (Å²) in [4.78, 5) is 0. The zero-order chi connectivity index (χ0) is 25.5. The van der Waals surface area contributed by atoms with Crippen LogP contribution in [0.5, 0.6) is 0 Å². The Kier molecular flexibility index (Phi) is 8.20. The highest BCUT2D eigenvalue weighted by molar-refractivity contribution is 5.27. The van der Waals surface area contributed by atoms with Crippen LogP contribution in [0.15, 0.2) is 22.8 Å². The molecule has 2 aliphatic carbocycles. The molecule has 2 fully saturated rings. The lowest BCUT2D eigenvalue weighted by molar-refractivity contribution is -0.205. The second kappa shape index (κ2) is 10.00. The molecule has 1 saturated carbocycles. The Morgan fingerprint density at radius 1 is 1.00 bits per heavy atom. The third-order valence-electron chi connectivity index (χ3n) is 10.0. The quantitative estimate of drug-likeness (QED) is 0.384. The first kappa shape index (κ1) is 27.9. The van der Waals surface area contributed by atoms with Gasteiger partial charge in [0.15, 0.2) is 0 Å². The first-order chi connectivity index (χ1) is 15.6. The van der Waals surface area contributed by atoms with Crippen LogP contribution in [0.25, 0.3) is 0 Å². The minimum Gasteiger partial charge on any atom is -0.390 e. The smallest absolute Gasteiger partial charge is 0.0888 e. The average Bonchev–Trinajstić information content (AvgIpc) is 2.81. The molecule has 3 aliphatic rings. The third kappa shape index (κ3) is 5.51. The Hall–Kier alpha value is -0.680. The van der Waals surface area contributed by atoms with Crippen molar-refractivity contribution in [1.82, 2.24) is 0 Å². The Balaban J connectivity index is 1.88. The molecule has 3 N–H and O–H groups in total. The summed E-state index contributed by atoms with van der Waals surface area (Å²) < 4.78 is 6.57. The molecule has 4 heteroatoms. The molecule has 4 nitrogen and oxygen atoms in total. The summed E-state index contributed by atoms with van der Waals surface area (Å²) in [6.45, 7) is 17.1.